The first-order valence-corrected chi connectivity index (χ1v) is 9.39. The van der Waals surface area contributed by atoms with Crippen LogP contribution in [0.2, 0.25) is 0 Å². The molecule has 144 valence electrons. The summed E-state index contributed by atoms with van der Waals surface area (Å²) < 4.78 is 10.7. The first-order chi connectivity index (χ1) is 13.7. The summed E-state index contributed by atoms with van der Waals surface area (Å²) in [5.74, 6) is -0.430. The van der Waals surface area contributed by atoms with Crippen LogP contribution in [0.5, 0.6) is 0 Å². The number of nitrogens with one attached hydrogen (secondary N) is 1. The van der Waals surface area contributed by atoms with Crippen molar-refractivity contribution in [1.29, 1.82) is 0 Å². The van der Waals surface area contributed by atoms with E-state index >= 15 is 0 Å². The Morgan fingerprint density at radius 3 is 2.54 bits per heavy atom. The summed E-state index contributed by atoms with van der Waals surface area (Å²) >= 11 is 0. The number of carbonyl (C=O) groups is 1. The summed E-state index contributed by atoms with van der Waals surface area (Å²) in [6, 6.07) is 16.7. The van der Waals surface area contributed by atoms with Gasteiger partial charge >= 0.3 is 5.63 Å². The Kier molecular flexibility index (Phi) is 5.50. The molecule has 6 nitrogen and oxygen atoms in total. The highest BCUT2D eigenvalue weighted by atomic mass is 16.5. The van der Waals surface area contributed by atoms with Gasteiger partial charge in [0.25, 0.3) is 5.91 Å². The average Bonchev–Trinajstić information content (AvgIpc) is 2.73. The number of nitrogens with zero attached hydrogens (tertiary/aromatic N) is 1. The molecule has 3 aromatic rings. The molecule has 1 saturated heterocycles. The van der Waals surface area contributed by atoms with Gasteiger partial charge < -0.3 is 14.5 Å². The summed E-state index contributed by atoms with van der Waals surface area (Å²) in [6.45, 7) is 4.46. The van der Waals surface area contributed by atoms with Gasteiger partial charge in [0.1, 0.15) is 11.1 Å². The molecule has 0 radical (unpaired) electrons. The van der Waals surface area contributed by atoms with Gasteiger partial charge in [-0.25, -0.2) is 4.79 Å². The van der Waals surface area contributed by atoms with Crippen LogP contribution in [-0.4, -0.2) is 37.1 Å². The van der Waals surface area contributed by atoms with Gasteiger partial charge in [0.2, 0.25) is 0 Å². The molecule has 0 unspecified atom stereocenters. The molecule has 1 aliphatic rings. The molecular weight excluding hydrogens is 356 g/mol. The largest absolute Gasteiger partial charge is 0.422 e. The van der Waals surface area contributed by atoms with Gasteiger partial charge in [-0.05, 0) is 23.3 Å². The molecule has 0 bridgehead atoms. The van der Waals surface area contributed by atoms with E-state index in [1.807, 2.05) is 30.3 Å². The Morgan fingerprint density at radius 1 is 1.00 bits per heavy atom. The van der Waals surface area contributed by atoms with Gasteiger partial charge in [0, 0.05) is 31.6 Å². The van der Waals surface area contributed by atoms with Crippen LogP contribution in [0.25, 0.3) is 11.0 Å². The summed E-state index contributed by atoms with van der Waals surface area (Å²) in [4.78, 5) is 27.1. The number of fused-ring (bicyclic) bond motifs is 1. The van der Waals surface area contributed by atoms with E-state index in [0.717, 1.165) is 49.4 Å². The van der Waals surface area contributed by atoms with Crippen LogP contribution in [0.4, 0.5) is 0 Å². The molecule has 0 atom stereocenters. The standard InChI is InChI=1S/C22H22N2O4/c25-21(19-13-16-5-3-4-8-20(16)28-22(19)26)23-14-17-6-1-2-7-18(17)15-24-9-11-27-12-10-24/h1-8,13H,9-12,14-15H2,(H,23,25). The number of carbonyl (C=O) groups excluding carboxylic acids is 1. The van der Waals surface area contributed by atoms with E-state index in [9.17, 15) is 9.59 Å². The molecule has 4 rings (SSSR count). The second kappa shape index (κ2) is 8.37. The first kappa shape index (κ1) is 18.4. The van der Waals surface area contributed by atoms with Crippen LogP contribution in [0.1, 0.15) is 21.5 Å². The van der Waals surface area contributed by atoms with Crippen LogP contribution in [0, 0.1) is 0 Å². The number of benzene rings is 2. The molecule has 1 N–H and O–H groups in total. The number of morpholine rings is 1. The predicted molar refractivity (Wildman–Crippen MR) is 106 cm³/mol. The number of amides is 1. The molecule has 1 aromatic heterocycles. The molecule has 0 saturated carbocycles. The van der Waals surface area contributed by atoms with Crippen LogP contribution >= 0.6 is 0 Å². The number of hydrogen-bond donors (Lipinski definition) is 1. The van der Waals surface area contributed by atoms with Gasteiger partial charge in [0.05, 0.1) is 13.2 Å². The Balaban J connectivity index is 1.48. The van der Waals surface area contributed by atoms with Gasteiger partial charge in [-0.15, -0.1) is 0 Å². The molecule has 1 fully saturated rings. The lowest BCUT2D eigenvalue weighted by molar-refractivity contribution is 0.0340. The quantitative estimate of drug-likeness (QED) is 0.691. The minimum atomic E-state index is -0.627. The lowest BCUT2D eigenvalue weighted by Gasteiger charge is -2.27. The Labute approximate surface area is 162 Å². The Hall–Kier alpha value is -2.96. The van der Waals surface area contributed by atoms with Gasteiger partial charge in [0.15, 0.2) is 0 Å². The van der Waals surface area contributed by atoms with Crippen molar-refractivity contribution < 1.29 is 13.9 Å². The molecule has 28 heavy (non-hydrogen) atoms. The van der Waals surface area contributed by atoms with E-state index in [1.165, 1.54) is 0 Å². The number of para-hydroxylation sites is 1. The number of hydrogen-bond acceptors (Lipinski definition) is 5. The smallest absolute Gasteiger partial charge is 0.349 e. The lowest BCUT2D eigenvalue weighted by Crippen LogP contribution is -2.36. The molecule has 0 spiro atoms. The predicted octanol–water partition coefficient (Wildman–Crippen LogP) is 2.56. The normalized spacial score (nSPS) is 14.9. The Morgan fingerprint density at radius 2 is 1.71 bits per heavy atom. The van der Waals surface area contributed by atoms with Crippen molar-refractivity contribution in [2.45, 2.75) is 13.1 Å². The van der Waals surface area contributed by atoms with Crippen molar-refractivity contribution in [3.05, 3.63) is 81.7 Å². The summed E-state index contributed by atoms with van der Waals surface area (Å²) in [5, 5.41) is 3.58. The van der Waals surface area contributed by atoms with E-state index in [2.05, 4.69) is 16.3 Å². The molecule has 2 heterocycles. The minimum Gasteiger partial charge on any atom is -0.422 e. The summed E-state index contributed by atoms with van der Waals surface area (Å²) in [6.07, 6.45) is 0. The summed E-state index contributed by atoms with van der Waals surface area (Å²) in [7, 11) is 0. The zero-order chi connectivity index (χ0) is 19.3. The second-order valence-electron chi connectivity index (χ2n) is 6.83. The maximum Gasteiger partial charge on any atom is 0.349 e. The molecule has 2 aromatic carbocycles. The fourth-order valence-electron chi connectivity index (χ4n) is 3.38. The van der Waals surface area contributed by atoms with Crippen molar-refractivity contribution in [2.75, 3.05) is 26.3 Å². The van der Waals surface area contributed by atoms with E-state index in [-0.39, 0.29) is 5.56 Å². The molecule has 6 heteroatoms. The van der Waals surface area contributed by atoms with E-state index in [0.29, 0.717) is 12.1 Å². The van der Waals surface area contributed by atoms with Gasteiger partial charge in [-0.1, -0.05) is 42.5 Å². The Bertz CT molecular complexity index is 1040. The van der Waals surface area contributed by atoms with Gasteiger partial charge in [-0.3, -0.25) is 9.69 Å². The molecule has 0 aliphatic carbocycles. The molecular formula is C22H22N2O4. The van der Waals surface area contributed by atoms with Crippen molar-refractivity contribution in [3.63, 3.8) is 0 Å². The maximum atomic E-state index is 12.6. The third-order valence-corrected chi connectivity index (χ3v) is 4.94. The SMILES string of the molecule is O=C(NCc1ccccc1CN1CCOCC1)c1cc2ccccc2oc1=O. The minimum absolute atomic E-state index is 0.0179. The van der Waals surface area contributed by atoms with E-state index in [1.54, 1.807) is 18.2 Å². The maximum absolute atomic E-state index is 12.6. The topological polar surface area (TPSA) is 71.8 Å². The number of ether oxygens (including phenoxy) is 1. The third-order valence-electron chi connectivity index (χ3n) is 4.94. The third kappa shape index (κ3) is 4.13. The zero-order valence-corrected chi connectivity index (χ0v) is 15.5. The fourth-order valence-corrected chi connectivity index (χ4v) is 3.38. The highest BCUT2D eigenvalue weighted by molar-refractivity contribution is 5.96. The highest BCUT2D eigenvalue weighted by Crippen LogP contribution is 2.15. The van der Waals surface area contributed by atoms with Gasteiger partial charge in [-0.2, -0.15) is 0 Å². The average molecular weight is 378 g/mol. The van der Waals surface area contributed by atoms with E-state index in [4.69, 9.17) is 9.15 Å². The zero-order valence-electron chi connectivity index (χ0n) is 15.5. The number of rotatable bonds is 5. The monoisotopic (exact) mass is 378 g/mol. The van der Waals surface area contributed by atoms with Crippen molar-refractivity contribution in [2.24, 2.45) is 0 Å². The lowest BCUT2D eigenvalue weighted by atomic mass is 10.1. The highest BCUT2D eigenvalue weighted by Gasteiger charge is 2.15. The van der Waals surface area contributed by atoms with Crippen molar-refractivity contribution in [1.82, 2.24) is 10.2 Å². The van der Waals surface area contributed by atoms with Crippen molar-refractivity contribution >= 4 is 16.9 Å². The van der Waals surface area contributed by atoms with Crippen molar-refractivity contribution in [3.8, 4) is 0 Å². The summed E-state index contributed by atoms with van der Waals surface area (Å²) in [5.41, 5.74) is 2.06. The first-order valence-electron chi connectivity index (χ1n) is 9.39. The van der Waals surface area contributed by atoms with Crippen LogP contribution in [-0.2, 0) is 17.8 Å². The van der Waals surface area contributed by atoms with Crippen LogP contribution in [0.3, 0.4) is 0 Å². The van der Waals surface area contributed by atoms with Crippen LogP contribution < -0.4 is 10.9 Å². The molecule has 1 amide bonds. The molecule has 1 aliphatic heterocycles. The fraction of sp³-hybridized carbons (Fsp3) is 0.273. The van der Waals surface area contributed by atoms with Crippen LogP contribution in [0.15, 0.2) is 63.8 Å². The second-order valence-corrected chi connectivity index (χ2v) is 6.83. The van der Waals surface area contributed by atoms with E-state index < -0.39 is 11.5 Å².